The molecule has 0 saturated heterocycles. The first-order valence-corrected chi connectivity index (χ1v) is 6.09. The topological polar surface area (TPSA) is 52.0 Å². The molecule has 1 heterocycles. The lowest BCUT2D eigenvalue weighted by molar-refractivity contribution is 0.423. The van der Waals surface area contributed by atoms with Gasteiger partial charge in [0, 0.05) is 17.7 Å². The lowest BCUT2D eigenvalue weighted by Crippen LogP contribution is -2.01. The van der Waals surface area contributed by atoms with Crippen molar-refractivity contribution in [2.24, 2.45) is 5.73 Å². The SMILES string of the molecule is CCCCc1c(CN)noc1-c1ccccc1. The number of nitrogens with zero attached hydrogens (tertiary/aromatic N) is 1. The molecule has 0 bridgehead atoms. The van der Waals surface area contributed by atoms with Crippen LogP contribution in [0.5, 0.6) is 0 Å². The molecule has 0 aliphatic carbocycles. The van der Waals surface area contributed by atoms with Gasteiger partial charge in [0.25, 0.3) is 0 Å². The van der Waals surface area contributed by atoms with Crippen LogP contribution in [0.3, 0.4) is 0 Å². The van der Waals surface area contributed by atoms with Crippen LogP contribution >= 0.6 is 0 Å². The smallest absolute Gasteiger partial charge is 0.170 e. The molecule has 0 aliphatic rings. The normalized spacial score (nSPS) is 10.7. The Bertz CT molecular complexity index is 462. The Morgan fingerprint density at radius 1 is 1.24 bits per heavy atom. The highest BCUT2D eigenvalue weighted by Gasteiger charge is 2.15. The Morgan fingerprint density at radius 3 is 2.65 bits per heavy atom. The van der Waals surface area contributed by atoms with Crippen molar-refractivity contribution in [3.8, 4) is 11.3 Å². The van der Waals surface area contributed by atoms with E-state index in [0.29, 0.717) is 6.54 Å². The molecule has 0 fully saturated rings. The summed E-state index contributed by atoms with van der Waals surface area (Å²) >= 11 is 0. The van der Waals surface area contributed by atoms with Crippen LogP contribution < -0.4 is 5.73 Å². The van der Waals surface area contributed by atoms with Crippen LogP contribution in [0.25, 0.3) is 11.3 Å². The zero-order chi connectivity index (χ0) is 12.1. The summed E-state index contributed by atoms with van der Waals surface area (Å²) in [7, 11) is 0. The number of unbranched alkanes of at least 4 members (excludes halogenated alkanes) is 1. The van der Waals surface area contributed by atoms with Gasteiger partial charge >= 0.3 is 0 Å². The van der Waals surface area contributed by atoms with E-state index in [-0.39, 0.29) is 0 Å². The predicted octanol–water partition coefficient (Wildman–Crippen LogP) is 3.14. The van der Waals surface area contributed by atoms with Crippen LogP contribution in [-0.4, -0.2) is 5.16 Å². The minimum Gasteiger partial charge on any atom is -0.356 e. The first kappa shape index (κ1) is 11.9. The molecule has 17 heavy (non-hydrogen) atoms. The third kappa shape index (κ3) is 2.56. The molecule has 3 heteroatoms. The standard InChI is InChI=1S/C14H18N2O/c1-2-3-9-12-13(10-15)16-17-14(12)11-7-5-4-6-8-11/h4-8H,2-3,9-10,15H2,1H3. The van der Waals surface area contributed by atoms with Crippen LogP contribution in [0.2, 0.25) is 0 Å². The maximum atomic E-state index is 5.69. The maximum absolute atomic E-state index is 5.69. The second kappa shape index (κ2) is 5.64. The molecule has 90 valence electrons. The number of rotatable bonds is 5. The van der Waals surface area contributed by atoms with E-state index in [1.807, 2.05) is 30.3 Å². The van der Waals surface area contributed by atoms with Gasteiger partial charge in [-0.1, -0.05) is 48.8 Å². The molecule has 3 nitrogen and oxygen atoms in total. The second-order valence-electron chi connectivity index (χ2n) is 4.11. The van der Waals surface area contributed by atoms with Crippen LogP contribution in [0, 0.1) is 0 Å². The Balaban J connectivity index is 2.36. The fourth-order valence-corrected chi connectivity index (χ4v) is 1.93. The Morgan fingerprint density at radius 2 is 2.00 bits per heavy atom. The lowest BCUT2D eigenvalue weighted by atomic mass is 10.0. The van der Waals surface area contributed by atoms with Crippen LogP contribution in [0.1, 0.15) is 31.0 Å². The first-order chi connectivity index (χ1) is 8.36. The van der Waals surface area contributed by atoms with Gasteiger partial charge < -0.3 is 10.3 Å². The minimum absolute atomic E-state index is 0.440. The van der Waals surface area contributed by atoms with E-state index in [0.717, 1.165) is 36.3 Å². The maximum Gasteiger partial charge on any atom is 0.170 e. The molecule has 0 spiro atoms. The van der Waals surface area contributed by atoms with Crippen molar-refractivity contribution in [2.45, 2.75) is 32.7 Å². The van der Waals surface area contributed by atoms with Crippen molar-refractivity contribution in [3.63, 3.8) is 0 Å². The highest BCUT2D eigenvalue weighted by molar-refractivity contribution is 5.61. The Kier molecular flexibility index (Phi) is 3.94. The van der Waals surface area contributed by atoms with Gasteiger partial charge in [-0.15, -0.1) is 0 Å². The monoisotopic (exact) mass is 230 g/mol. The van der Waals surface area contributed by atoms with Crippen LogP contribution in [-0.2, 0) is 13.0 Å². The van der Waals surface area contributed by atoms with E-state index in [1.54, 1.807) is 0 Å². The van der Waals surface area contributed by atoms with Crippen LogP contribution in [0.15, 0.2) is 34.9 Å². The van der Waals surface area contributed by atoms with Gasteiger partial charge in [0.15, 0.2) is 5.76 Å². The van der Waals surface area contributed by atoms with E-state index in [4.69, 9.17) is 10.3 Å². The summed E-state index contributed by atoms with van der Waals surface area (Å²) in [6, 6.07) is 10.1. The Hall–Kier alpha value is -1.61. The number of benzene rings is 1. The van der Waals surface area contributed by atoms with Crippen molar-refractivity contribution < 1.29 is 4.52 Å². The minimum atomic E-state index is 0.440. The largest absolute Gasteiger partial charge is 0.356 e. The highest BCUT2D eigenvalue weighted by atomic mass is 16.5. The van der Waals surface area contributed by atoms with Gasteiger partial charge in [0.1, 0.15) is 5.69 Å². The predicted molar refractivity (Wildman–Crippen MR) is 68.4 cm³/mol. The average Bonchev–Trinajstić information content (AvgIpc) is 2.80. The molecular weight excluding hydrogens is 212 g/mol. The summed E-state index contributed by atoms with van der Waals surface area (Å²) < 4.78 is 5.44. The summed E-state index contributed by atoms with van der Waals surface area (Å²) in [6.07, 6.45) is 3.27. The van der Waals surface area contributed by atoms with Crippen molar-refractivity contribution in [2.75, 3.05) is 0 Å². The zero-order valence-corrected chi connectivity index (χ0v) is 10.1. The van der Waals surface area contributed by atoms with E-state index in [9.17, 15) is 0 Å². The quantitative estimate of drug-likeness (QED) is 0.858. The molecule has 1 aromatic heterocycles. The molecule has 2 aromatic rings. The number of hydrogen-bond donors (Lipinski definition) is 1. The number of nitrogens with two attached hydrogens (primary N) is 1. The van der Waals surface area contributed by atoms with Crippen molar-refractivity contribution in [3.05, 3.63) is 41.6 Å². The molecule has 0 saturated carbocycles. The van der Waals surface area contributed by atoms with E-state index in [1.165, 1.54) is 5.56 Å². The summed E-state index contributed by atoms with van der Waals surface area (Å²) in [5.41, 5.74) is 8.82. The fraction of sp³-hybridized carbons (Fsp3) is 0.357. The zero-order valence-electron chi connectivity index (χ0n) is 10.1. The third-order valence-corrected chi connectivity index (χ3v) is 2.88. The Labute approximate surface area is 102 Å². The molecule has 0 unspecified atom stereocenters. The summed E-state index contributed by atoms with van der Waals surface area (Å²) in [5.74, 6) is 0.875. The average molecular weight is 230 g/mol. The number of aromatic nitrogens is 1. The van der Waals surface area contributed by atoms with Gasteiger partial charge in [-0.3, -0.25) is 0 Å². The van der Waals surface area contributed by atoms with Gasteiger partial charge in [-0.05, 0) is 12.8 Å². The fourth-order valence-electron chi connectivity index (χ4n) is 1.93. The van der Waals surface area contributed by atoms with E-state index >= 15 is 0 Å². The lowest BCUT2D eigenvalue weighted by Gasteiger charge is -2.02. The summed E-state index contributed by atoms with van der Waals surface area (Å²) in [6.45, 7) is 2.62. The first-order valence-electron chi connectivity index (χ1n) is 6.09. The van der Waals surface area contributed by atoms with E-state index in [2.05, 4.69) is 12.1 Å². The molecule has 1 aromatic carbocycles. The second-order valence-corrected chi connectivity index (χ2v) is 4.11. The van der Waals surface area contributed by atoms with Gasteiger partial charge in [0.05, 0.1) is 0 Å². The summed E-state index contributed by atoms with van der Waals surface area (Å²) in [5, 5.41) is 4.06. The van der Waals surface area contributed by atoms with Crippen molar-refractivity contribution >= 4 is 0 Å². The molecule has 0 atom stereocenters. The van der Waals surface area contributed by atoms with Crippen molar-refractivity contribution in [1.82, 2.24) is 5.16 Å². The molecule has 0 radical (unpaired) electrons. The molecule has 2 rings (SSSR count). The van der Waals surface area contributed by atoms with Crippen molar-refractivity contribution in [1.29, 1.82) is 0 Å². The van der Waals surface area contributed by atoms with Gasteiger partial charge in [-0.2, -0.15) is 0 Å². The molecule has 0 amide bonds. The summed E-state index contributed by atoms with van der Waals surface area (Å²) in [4.78, 5) is 0. The third-order valence-electron chi connectivity index (χ3n) is 2.88. The molecular formula is C14H18N2O. The molecule has 2 N–H and O–H groups in total. The molecule has 0 aliphatic heterocycles. The van der Waals surface area contributed by atoms with Crippen LogP contribution in [0.4, 0.5) is 0 Å². The highest BCUT2D eigenvalue weighted by Crippen LogP contribution is 2.27. The van der Waals surface area contributed by atoms with E-state index < -0.39 is 0 Å². The number of hydrogen-bond acceptors (Lipinski definition) is 3. The van der Waals surface area contributed by atoms with Gasteiger partial charge in [0.2, 0.25) is 0 Å². The van der Waals surface area contributed by atoms with Gasteiger partial charge in [-0.25, -0.2) is 0 Å².